The van der Waals surface area contributed by atoms with E-state index in [1.807, 2.05) is 5.43 Å². The summed E-state index contributed by atoms with van der Waals surface area (Å²) in [5.41, 5.74) is 2.27. The summed E-state index contributed by atoms with van der Waals surface area (Å²) in [4.78, 5) is 14.4. The van der Waals surface area contributed by atoms with Crippen LogP contribution in [0.2, 0.25) is 0 Å². The van der Waals surface area contributed by atoms with Crippen molar-refractivity contribution < 1.29 is 4.79 Å². The van der Waals surface area contributed by atoms with Crippen molar-refractivity contribution in [2.24, 2.45) is 10.8 Å². The fourth-order valence-electron chi connectivity index (χ4n) is 0.379. The van der Waals surface area contributed by atoms with Gasteiger partial charge < -0.3 is 0 Å². The summed E-state index contributed by atoms with van der Waals surface area (Å²) >= 11 is 0. The number of allylic oxidation sites excluding steroid dienone is 2. The monoisotopic (exact) mass is 153 g/mol. The molecule has 60 valence electrons. The Morgan fingerprint density at radius 3 is 2.82 bits per heavy atom. The molecule has 0 aromatic carbocycles. The second-order valence-electron chi connectivity index (χ2n) is 1.77. The number of nitrogens with zero attached hydrogens (tertiary/aromatic N) is 1. The molecule has 0 spiro atoms. The lowest BCUT2D eigenvalue weighted by Crippen LogP contribution is -2.34. The van der Waals surface area contributed by atoms with Gasteiger partial charge in [-0.25, -0.2) is 5.84 Å². The van der Waals surface area contributed by atoms with E-state index in [9.17, 15) is 4.79 Å². The van der Waals surface area contributed by atoms with E-state index in [0.29, 0.717) is 5.71 Å². The van der Waals surface area contributed by atoms with Crippen LogP contribution in [-0.4, -0.2) is 11.6 Å². The van der Waals surface area contributed by atoms with Gasteiger partial charge in [0.2, 0.25) is 0 Å². The van der Waals surface area contributed by atoms with Crippen LogP contribution in [-0.2, 0) is 4.79 Å². The Bertz CT molecular complexity index is 206. The molecule has 0 aliphatic heterocycles. The molecule has 0 rings (SSSR count). The van der Waals surface area contributed by atoms with E-state index in [4.69, 9.17) is 5.84 Å². The van der Waals surface area contributed by atoms with Crippen LogP contribution in [0.25, 0.3) is 0 Å². The van der Waals surface area contributed by atoms with E-state index in [1.54, 1.807) is 19.1 Å². The molecule has 4 nitrogen and oxygen atoms in total. The number of amides is 1. The number of nitrogens with two attached hydrogens (primary N) is 1. The number of nitrogens with one attached hydrogen (secondary N) is 1. The number of carbonyl (C=O) groups excluding carboxylic acids is 1. The van der Waals surface area contributed by atoms with Crippen molar-refractivity contribution in [3.8, 4) is 0 Å². The molecule has 0 saturated carbocycles. The second kappa shape index (κ2) is 5.37. The van der Waals surface area contributed by atoms with E-state index < -0.39 is 5.91 Å². The average Bonchev–Trinajstić information content (AvgIpc) is 2.03. The van der Waals surface area contributed by atoms with Crippen LogP contribution in [0.4, 0.5) is 0 Å². The van der Waals surface area contributed by atoms with Gasteiger partial charge in [-0.3, -0.25) is 15.2 Å². The molecule has 0 unspecified atom stereocenters. The first-order chi connectivity index (χ1) is 5.22. The Kier molecular flexibility index (Phi) is 4.68. The fraction of sp³-hybridized carbons (Fsp3) is 0.143. The quantitative estimate of drug-likeness (QED) is 0.199. The Balaban J connectivity index is 4.10. The SMILES string of the molecule is C=C/C=C\N=C(/C)C(=O)NN. The molecule has 11 heavy (non-hydrogen) atoms. The first-order valence-electron chi connectivity index (χ1n) is 3.05. The maximum absolute atomic E-state index is 10.7. The van der Waals surface area contributed by atoms with Gasteiger partial charge in [-0.1, -0.05) is 12.7 Å². The van der Waals surface area contributed by atoms with Crippen molar-refractivity contribution in [2.45, 2.75) is 6.92 Å². The fourth-order valence-corrected chi connectivity index (χ4v) is 0.379. The molecule has 1 amide bonds. The molecule has 0 bridgehead atoms. The summed E-state index contributed by atoms with van der Waals surface area (Å²) in [7, 11) is 0. The zero-order valence-corrected chi connectivity index (χ0v) is 6.37. The van der Waals surface area contributed by atoms with Crippen LogP contribution >= 0.6 is 0 Å². The summed E-state index contributed by atoms with van der Waals surface area (Å²) in [6, 6.07) is 0. The Morgan fingerprint density at radius 1 is 1.73 bits per heavy atom. The largest absolute Gasteiger partial charge is 0.289 e. The molecule has 3 N–H and O–H groups in total. The highest BCUT2D eigenvalue weighted by Crippen LogP contribution is 1.80. The maximum atomic E-state index is 10.7. The van der Waals surface area contributed by atoms with Crippen molar-refractivity contribution in [1.82, 2.24) is 5.43 Å². The van der Waals surface area contributed by atoms with Crippen LogP contribution in [0.5, 0.6) is 0 Å². The predicted octanol–water partition coefficient (Wildman–Crippen LogP) is 0.137. The molecule has 0 fully saturated rings. The van der Waals surface area contributed by atoms with Gasteiger partial charge in [-0.2, -0.15) is 0 Å². The summed E-state index contributed by atoms with van der Waals surface area (Å²) in [6.07, 6.45) is 4.65. The molecule has 4 heteroatoms. The van der Waals surface area contributed by atoms with Crippen molar-refractivity contribution in [1.29, 1.82) is 0 Å². The van der Waals surface area contributed by atoms with E-state index in [0.717, 1.165) is 0 Å². The lowest BCUT2D eigenvalue weighted by molar-refractivity contribution is -0.114. The highest BCUT2D eigenvalue weighted by molar-refractivity contribution is 6.37. The highest BCUT2D eigenvalue weighted by Gasteiger charge is 1.99. The smallest absolute Gasteiger partial charge is 0.279 e. The van der Waals surface area contributed by atoms with Crippen LogP contribution in [0.1, 0.15) is 6.92 Å². The Hall–Kier alpha value is -1.42. The summed E-state index contributed by atoms with van der Waals surface area (Å²) in [6.45, 7) is 5.01. The second-order valence-corrected chi connectivity index (χ2v) is 1.77. The zero-order chi connectivity index (χ0) is 8.69. The van der Waals surface area contributed by atoms with E-state index in [-0.39, 0.29) is 0 Å². The number of rotatable bonds is 3. The van der Waals surface area contributed by atoms with Gasteiger partial charge in [-0.15, -0.1) is 0 Å². The minimum Gasteiger partial charge on any atom is -0.289 e. The molecule has 0 aromatic rings. The summed E-state index contributed by atoms with van der Waals surface area (Å²) in [5, 5.41) is 0. The molecule has 0 heterocycles. The standard InChI is InChI=1S/C7H11N3O/c1-3-4-5-9-6(2)7(11)10-8/h3-5H,1,8H2,2H3,(H,10,11)/b5-4-,9-6+. The van der Waals surface area contributed by atoms with Crippen LogP contribution in [0.15, 0.2) is 29.9 Å². The number of carbonyl (C=O) groups is 1. The third kappa shape index (κ3) is 4.05. The van der Waals surface area contributed by atoms with Gasteiger partial charge in [-0.05, 0) is 13.0 Å². The van der Waals surface area contributed by atoms with Crippen molar-refractivity contribution >= 4 is 11.6 Å². The Labute approximate surface area is 65.5 Å². The van der Waals surface area contributed by atoms with Gasteiger partial charge in [0, 0.05) is 6.20 Å². The predicted molar refractivity (Wildman–Crippen MR) is 44.8 cm³/mol. The van der Waals surface area contributed by atoms with Gasteiger partial charge in [0.05, 0.1) is 0 Å². The third-order valence-corrected chi connectivity index (χ3v) is 0.950. The number of hydrogen-bond acceptors (Lipinski definition) is 3. The number of hydrazine groups is 1. The number of aliphatic imine (C=N–C) groups is 1. The molecule has 0 atom stereocenters. The molecular weight excluding hydrogens is 142 g/mol. The molecular formula is C7H11N3O. The first-order valence-corrected chi connectivity index (χ1v) is 3.05. The average molecular weight is 153 g/mol. The normalized spacial score (nSPS) is 11.6. The van der Waals surface area contributed by atoms with E-state index >= 15 is 0 Å². The molecule has 0 aliphatic carbocycles. The van der Waals surface area contributed by atoms with Crippen LogP contribution in [0.3, 0.4) is 0 Å². The van der Waals surface area contributed by atoms with Crippen LogP contribution < -0.4 is 11.3 Å². The summed E-state index contributed by atoms with van der Waals surface area (Å²) < 4.78 is 0. The van der Waals surface area contributed by atoms with Gasteiger partial charge >= 0.3 is 0 Å². The lowest BCUT2D eigenvalue weighted by atomic mass is 10.4. The first kappa shape index (κ1) is 9.58. The minimum atomic E-state index is -0.390. The van der Waals surface area contributed by atoms with E-state index in [1.165, 1.54) is 6.20 Å². The van der Waals surface area contributed by atoms with E-state index in [2.05, 4.69) is 11.6 Å². The van der Waals surface area contributed by atoms with Gasteiger partial charge in [0.25, 0.3) is 5.91 Å². The molecule has 0 radical (unpaired) electrons. The molecule has 0 saturated heterocycles. The molecule has 0 aliphatic rings. The van der Waals surface area contributed by atoms with Gasteiger partial charge in [0.1, 0.15) is 5.71 Å². The topological polar surface area (TPSA) is 67.5 Å². The van der Waals surface area contributed by atoms with Crippen molar-refractivity contribution in [3.63, 3.8) is 0 Å². The third-order valence-electron chi connectivity index (χ3n) is 0.950. The zero-order valence-electron chi connectivity index (χ0n) is 6.37. The Morgan fingerprint density at radius 2 is 2.36 bits per heavy atom. The summed E-state index contributed by atoms with van der Waals surface area (Å²) in [5.74, 6) is 4.46. The molecule has 0 aromatic heterocycles. The van der Waals surface area contributed by atoms with Crippen LogP contribution in [0, 0.1) is 0 Å². The maximum Gasteiger partial charge on any atom is 0.279 e. The lowest BCUT2D eigenvalue weighted by Gasteiger charge is -1.93. The number of hydrogen-bond donors (Lipinski definition) is 2. The minimum absolute atomic E-state index is 0.311. The highest BCUT2D eigenvalue weighted by atomic mass is 16.2. The van der Waals surface area contributed by atoms with Gasteiger partial charge in [0.15, 0.2) is 0 Å². The van der Waals surface area contributed by atoms with Crippen molar-refractivity contribution in [3.05, 3.63) is 24.9 Å². The van der Waals surface area contributed by atoms with Crippen molar-refractivity contribution in [2.75, 3.05) is 0 Å².